The quantitative estimate of drug-likeness (QED) is 0.570. The Morgan fingerprint density at radius 2 is 1.75 bits per heavy atom. The molecule has 2 N–H and O–H groups in total. The number of piperidine rings is 1. The molecule has 0 aromatic heterocycles. The Bertz CT molecular complexity index is 402. The monoisotopic (exact) mass is 338 g/mol. The first kappa shape index (κ1) is 19.5. The van der Waals surface area contributed by atoms with Crippen LogP contribution < -0.4 is 10.6 Å². The zero-order valence-electron chi connectivity index (χ0n) is 16.4. The fourth-order valence-corrected chi connectivity index (χ4v) is 3.67. The van der Waals surface area contributed by atoms with E-state index in [1.807, 2.05) is 7.05 Å². The van der Waals surface area contributed by atoms with Crippen LogP contribution >= 0.6 is 0 Å². The summed E-state index contributed by atoms with van der Waals surface area (Å²) in [5, 5.41) is 7.06. The lowest BCUT2D eigenvalue weighted by atomic mass is 9.98. The third kappa shape index (κ3) is 5.60. The highest BCUT2D eigenvalue weighted by molar-refractivity contribution is 5.79. The topological polar surface area (TPSA) is 46.1 Å². The van der Waals surface area contributed by atoms with Crippen LogP contribution in [0.4, 0.5) is 0 Å². The van der Waals surface area contributed by atoms with Crippen molar-refractivity contribution in [2.45, 2.75) is 44.7 Å². The smallest absolute Gasteiger partial charge is 0.191 e. The van der Waals surface area contributed by atoms with Gasteiger partial charge in [-0.1, -0.05) is 6.42 Å². The third-order valence-electron chi connectivity index (χ3n) is 5.61. The van der Waals surface area contributed by atoms with E-state index in [4.69, 9.17) is 0 Å². The molecule has 0 spiro atoms. The van der Waals surface area contributed by atoms with E-state index in [0.29, 0.717) is 6.04 Å². The highest BCUT2D eigenvalue weighted by Gasteiger charge is 2.28. The van der Waals surface area contributed by atoms with Gasteiger partial charge in [0.1, 0.15) is 0 Å². The van der Waals surface area contributed by atoms with E-state index in [1.165, 1.54) is 32.4 Å². The number of likely N-dealkylation sites (tertiary alicyclic amines) is 1. The standard InChI is InChI=1S/C18H38N6/c1-18(2,24-9-7-6-8-10-24)15-21-17(19-3)20-13-16-14-22(4)11-12-23(16)5/h16H,6-15H2,1-5H3,(H2,19,20,21). The summed E-state index contributed by atoms with van der Waals surface area (Å²) >= 11 is 0. The molecule has 0 aromatic rings. The van der Waals surface area contributed by atoms with Crippen molar-refractivity contribution in [1.29, 1.82) is 0 Å². The number of guanidine groups is 1. The molecule has 2 saturated heterocycles. The predicted octanol–water partition coefficient (Wildman–Crippen LogP) is 0.662. The second kappa shape index (κ2) is 9.02. The summed E-state index contributed by atoms with van der Waals surface area (Å²) in [5.74, 6) is 0.918. The van der Waals surface area contributed by atoms with Crippen molar-refractivity contribution in [3.8, 4) is 0 Å². The molecule has 1 atom stereocenters. The summed E-state index contributed by atoms with van der Waals surface area (Å²) in [5.41, 5.74) is 0.167. The molecule has 140 valence electrons. The van der Waals surface area contributed by atoms with Gasteiger partial charge in [-0.05, 0) is 53.9 Å². The minimum Gasteiger partial charge on any atom is -0.355 e. The number of hydrogen-bond acceptors (Lipinski definition) is 4. The molecule has 2 aliphatic rings. The van der Waals surface area contributed by atoms with Crippen LogP contribution in [-0.4, -0.2) is 99.2 Å². The van der Waals surface area contributed by atoms with Gasteiger partial charge in [0.25, 0.3) is 0 Å². The maximum Gasteiger partial charge on any atom is 0.191 e. The lowest BCUT2D eigenvalue weighted by molar-refractivity contribution is 0.0979. The molecule has 0 aliphatic carbocycles. The van der Waals surface area contributed by atoms with Gasteiger partial charge in [0.2, 0.25) is 0 Å². The Labute approximate surface area is 148 Å². The molecule has 0 bridgehead atoms. The first-order valence-electron chi connectivity index (χ1n) is 9.51. The Morgan fingerprint density at radius 1 is 1.04 bits per heavy atom. The van der Waals surface area contributed by atoms with Gasteiger partial charge in [0.15, 0.2) is 5.96 Å². The molecule has 0 saturated carbocycles. The largest absolute Gasteiger partial charge is 0.355 e. The number of piperazine rings is 1. The average molecular weight is 339 g/mol. The lowest BCUT2D eigenvalue weighted by Crippen LogP contribution is -2.57. The van der Waals surface area contributed by atoms with Crippen molar-refractivity contribution in [2.75, 3.05) is 67.0 Å². The highest BCUT2D eigenvalue weighted by Crippen LogP contribution is 2.19. The molecule has 2 rings (SSSR count). The van der Waals surface area contributed by atoms with Gasteiger partial charge >= 0.3 is 0 Å². The zero-order chi connectivity index (χ0) is 17.6. The number of likely N-dealkylation sites (N-methyl/N-ethyl adjacent to an activating group) is 2. The molecule has 0 radical (unpaired) electrons. The maximum atomic E-state index is 4.41. The van der Waals surface area contributed by atoms with Crippen LogP contribution in [0.25, 0.3) is 0 Å². The van der Waals surface area contributed by atoms with Crippen molar-refractivity contribution in [1.82, 2.24) is 25.3 Å². The first-order valence-corrected chi connectivity index (χ1v) is 9.51. The Morgan fingerprint density at radius 3 is 2.42 bits per heavy atom. The van der Waals surface area contributed by atoms with Crippen LogP contribution in [0.2, 0.25) is 0 Å². The number of nitrogens with one attached hydrogen (secondary N) is 2. The van der Waals surface area contributed by atoms with E-state index < -0.39 is 0 Å². The van der Waals surface area contributed by atoms with Crippen molar-refractivity contribution < 1.29 is 0 Å². The first-order chi connectivity index (χ1) is 11.4. The molecule has 24 heavy (non-hydrogen) atoms. The van der Waals surface area contributed by atoms with Crippen LogP contribution in [0.15, 0.2) is 4.99 Å². The Hall–Kier alpha value is -0.850. The van der Waals surface area contributed by atoms with Gasteiger partial charge in [0.05, 0.1) is 0 Å². The summed E-state index contributed by atoms with van der Waals surface area (Å²) in [6, 6.07) is 0.539. The minimum absolute atomic E-state index is 0.167. The lowest BCUT2D eigenvalue weighted by Gasteiger charge is -2.41. The molecule has 1 unspecified atom stereocenters. The second-order valence-electron chi connectivity index (χ2n) is 8.06. The van der Waals surface area contributed by atoms with Crippen LogP contribution in [0.5, 0.6) is 0 Å². The normalized spacial score (nSPS) is 25.7. The predicted molar refractivity (Wildman–Crippen MR) is 103 cm³/mol. The van der Waals surface area contributed by atoms with Gasteiger partial charge in [-0.3, -0.25) is 14.8 Å². The number of hydrogen-bond donors (Lipinski definition) is 2. The number of aliphatic imine (C=N–C) groups is 1. The van der Waals surface area contributed by atoms with Crippen molar-refractivity contribution >= 4 is 5.96 Å². The van der Waals surface area contributed by atoms with Crippen LogP contribution in [0, 0.1) is 0 Å². The Balaban J connectivity index is 1.77. The zero-order valence-corrected chi connectivity index (χ0v) is 16.4. The molecule has 2 heterocycles. The number of rotatable bonds is 5. The SMILES string of the molecule is CN=C(NCC1CN(C)CCN1C)NCC(C)(C)N1CCCCC1. The van der Waals surface area contributed by atoms with E-state index >= 15 is 0 Å². The average Bonchev–Trinajstić information content (AvgIpc) is 2.58. The highest BCUT2D eigenvalue weighted by atomic mass is 15.3. The summed E-state index contributed by atoms with van der Waals surface area (Å²) < 4.78 is 0. The third-order valence-corrected chi connectivity index (χ3v) is 5.61. The molecule has 2 fully saturated rings. The van der Waals surface area contributed by atoms with Gasteiger partial charge in [-0.15, -0.1) is 0 Å². The molecular formula is C18H38N6. The summed E-state index contributed by atoms with van der Waals surface area (Å²) in [7, 11) is 6.28. The number of nitrogens with zero attached hydrogens (tertiary/aromatic N) is 4. The van der Waals surface area contributed by atoms with E-state index in [1.54, 1.807) is 0 Å². The van der Waals surface area contributed by atoms with Gasteiger partial charge < -0.3 is 15.5 Å². The molecule has 0 aromatic carbocycles. The van der Waals surface area contributed by atoms with Crippen LogP contribution in [-0.2, 0) is 0 Å². The Kier molecular flexibility index (Phi) is 7.32. The van der Waals surface area contributed by atoms with E-state index in [9.17, 15) is 0 Å². The van der Waals surface area contributed by atoms with Crippen molar-refractivity contribution in [3.05, 3.63) is 0 Å². The molecule has 0 amide bonds. The molecule has 6 heteroatoms. The summed E-state index contributed by atoms with van der Waals surface area (Å²) in [6.07, 6.45) is 4.04. The van der Waals surface area contributed by atoms with Gasteiger partial charge in [-0.25, -0.2) is 0 Å². The molecular weight excluding hydrogens is 300 g/mol. The van der Waals surface area contributed by atoms with E-state index in [0.717, 1.165) is 38.7 Å². The second-order valence-corrected chi connectivity index (χ2v) is 8.06. The fourth-order valence-electron chi connectivity index (χ4n) is 3.67. The van der Waals surface area contributed by atoms with Gasteiger partial charge in [0, 0.05) is 51.4 Å². The molecule has 2 aliphatic heterocycles. The summed E-state index contributed by atoms with van der Waals surface area (Å²) in [6.45, 7) is 12.4. The van der Waals surface area contributed by atoms with Crippen LogP contribution in [0.1, 0.15) is 33.1 Å². The molecule has 6 nitrogen and oxygen atoms in total. The van der Waals surface area contributed by atoms with E-state index in [-0.39, 0.29) is 5.54 Å². The maximum absolute atomic E-state index is 4.41. The fraction of sp³-hybridized carbons (Fsp3) is 0.944. The minimum atomic E-state index is 0.167. The van der Waals surface area contributed by atoms with Crippen molar-refractivity contribution in [2.24, 2.45) is 4.99 Å². The van der Waals surface area contributed by atoms with Crippen LogP contribution in [0.3, 0.4) is 0 Å². The van der Waals surface area contributed by atoms with Crippen molar-refractivity contribution in [3.63, 3.8) is 0 Å². The summed E-state index contributed by atoms with van der Waals surface area (Å²) in [4.78, 5) is 11.9. The van der Waals surface area contributed by atoms with Gasteiger partial charge in [-0.2, -0.15) is 0 Å². The van der Waals surface area contributed by atoms with E-state index in [2.05, 4.69) is 58.3 Å².